The number of hydrogen-bond donors (Lipinski definition) is 1. The summed E-state index contributed by atoms with van der Waals surface area (Å²) in [7, 11) is 0. The first kappa shape index (κ1) is 15.0. The van der Waals surface area contributed by atoms with Crippen molar-refractivity contribution in [1.29, 1.82) is 0 Å². The van der Waals surface area contributed by atoms with Crippen LogP contribution in [0.15, 0.2) is 18.3 Å². The van der Waals surface area contributed by atoms with E-state index in [1.54, 1.807) is 6.20 Å². The third-order valence-corrected chi connectivity index (χ3v) is 2.36. The molecule has 0 radical (unpaired) electrons. The fourth-order valence-electron chi connectivity index (χ4n) is 1.50. The van der Waals surface area contributed by atoms with E-state index >= 15 is 0 Å². The van der Waals surface area contributed by atoms with Crippen LogP contribution >= 0.6 is 0 Å². The lowest BCUT2D eigenvalue weighted by atomic mass is 10.4. The van der Waals surface area contributed by atoms with Crippen molar-refractivity contribution in [2.75, 3.05) is 11.9 Å². The van der Waals surface area contributed by atoms with Crippen molar-refractivity contribution >= 4 is 5.95 Å². The van der Waals surface area contributed by atoms with Gasteiger partial charge in [-0.05, 0) is 39.8 Å². The van der Waals surface area contributed by atoms with Crippen LogP contribution in [0.1, 0.15) is 26.5 Å². The maximum absolute atomic E-state index is 5.60. The first-order valence-corrected chi connectivity index (χ1v) is 6.84. The second-order valence-electron chi connectivity index (χ2n) is 4.66. The molecule has 21 heavy (non-hydrogen) atoms. The molecule has 2 aromatic heterocycles. The molecule has 0 unspecified atom stereocenters. The van der Waals surface area contributed by atoms with E-state index < -0.39 is 0 Å². The monoisotopic (exact) mass is 289 g/mol. The lowest BCUT2D eigenvalue weighted by Crippen LogP contribution is -2.12. The molecule has 7 heteroatoms. The summed E-state index contributed by atoms with van der Waals surface area (Å²) in [6, 6.07) is 4.06. The molecular weight excluding hydrogens is 270 g/mol. The van der Waals surface area contributed by atoms with E-state index in [2.05, 4.69) is 25.3 Å². The van der Waals surface area contributed by atoms with E-state index in [-0.39, 0.29) is 18.1 Å². The number of nitrogens with zero attached hydrogens (tertiary/aromatic N) is 4. The van der Waals surface area contributed by atoms with Gasteiger partial charge in [-0.1, -0.05) is 0 Å². The zero-order chi connectivity index (χ0) is 15.2. The van der Waals surface area contributed by atoms with Crippen LogP contribution in [0.25, 0.3) is 0 Å². The number of rotatable bonds is 6. The number of anilines is 1. The van der Waals surface area contributed by atoms with Gasteiger partial charge in [0, 0.05) is 12.2 Å². The summed E-state index contributed by atoms with van der Waals surface area (Å²) in [4.78, 5) is 16.7. The van der Waals surface area contributed by atoms with Crippen molar-refractivity contribution in [2.24, 2.45) is 0 Å². The van der Waals surface area contributed by atoms with E-state index in [9.17, 15) is 0 Å². The zero-order valence-electron chi connectivity index (χ0n) is 12.6. The minimum atomic E-state index is -0.0317. The first-order chi connectivity index (χ1) is 10.1. The van der Waals surface area contributed by atoms with Crippen molar-refractivity contribution in [3.8, 4) is 17.8 Å². The van der Waals surface area contributed by atoms with Crippen molar-refractivity contribution in [2.45, 2.75) is 33.8 Å². The van der Waals surface area contributed by atoms with E-state index in [1.807, 2.05) is 39.8 Å². The van der Waals surface area contributed by atoms with E-state index in [0.29, 0.717) is 18.2 Å². The summed E-state index contributed by atoms with van der Waals surface area (Å²) >= 11 is 0. The Balaban J connectivity index is 2.24. The number of nitrogens with one attached hydrogen (secondary N) is 1. The molecular formula is C14H19N5O2. The largest absolute Gasteiger partial charge is 0.461 e. The molecule has 0 atom stereocenters. The predicted molar refractivity (Wildman–Crippen MR) is 78.8 cm³/mol. The Labute approximate surface area is 123 Å². The van der Waals surface area contributed by atoms with E-state index in [4.69, 9.17) is 9.47 Å². The average Bonchev–Trinajstić information content (AvgIpc) is 2.41. The van der Waals surface area contributed by atoms with Crippen LogP contribution in [0.4, 0.5) is 5.95 Å². The molecule has 2 aromatic rings. The molecule has 0 aliphatic carbocycles. The number of pyridine rings is 1. The molecule has 2 rings (SSSR count). The highest BCUT2D eigenvalue weighted by Crippen LogP contribution is 2.20. The molecule has 0 saturated heterocycles. The standard InChI is InChI=1S/C14H19N5O2/c1-5-15-12-17-13(20-9(2)3)19-14(18-12)21-11-7-6-10(4)16-8-11/h6-9H,5H2,1-4H3,(H,15,17,18,19). The minimum absolute atomic E-state index is 0.0317. The third-order valence-electron chi connectivity index (χ3n) is 2.36. The molecule has 0 spiro atoms. The molecule has 0 aliphatic heterocycles. The predicted octanol–water partition coefficient (Wildman–Crippen LogP) is 2.59. The van der Waals surface area contributed by atoms with Gasteiger partial charge in [0.05, 0.1) is 12.3 Å². The van der Waals surface area contributed by atoms with Gasteiger partial charge in [-0.15, -0.1) is 4.98 Å². The summed E-state index contributed by atoms with van der Waals surface area (Å²) in [5, 5.41) is 3.02. The van der Waals surface area contributed by atoms with Crippen molar-refractivity contribution < 1.29 is 9.47 Å². The highest BCUT2D eigenvalue weighted by molar-refractivity contribution is 5.29. The van der Waals surface area contributed by atoms with Crippen LogP contribution < -0.4 is 14.8 Å². The molecule has 0 aromatic carbocycles. The van der Waals surface area contributed by atoms with Gasteiger partial charge in [0.2, 0.25) is 5.95 Å². The van der Waals surface area contributed by atoms with Gasteiger partial charge in [-0.25, -0.2) is 0 Å². The Bertz CT molecular complexity index is 586. The average molecular weight is 289 g/mol. The van der Waals surface area contributed by atoms with Crippen molar-refractivity contribution in [3.05, 3.63) is 24.0 Å². The number of hydrogen-bond acceptors (Lipinski definition) is 7. The molecule has 112 valence electrons. The van der Waals surface area contributed by atoms with Crippen LogP contribution in [0.5, 0.6) is 17.8 Å². The lowest BCUT2D eigenvalue weighted by molar-refractivity contribution is 0.218. The van der Waals surface area contributed by atoms with Gasteiger partial charge in [-0.3, -0.25) is 4.98 Å². The second-order valence-corrected chi connectivity index (χ2v) is 4.66. The first-order valence-electron chi connectivity index (χ1n) is 6.84. The fourth-order valence-corrected chi connectivity index (χ4v) is 1.50. The van der Waals surface area contributed by atoms with Crippen LogP contribution in [0.3, 0.4) is 0 Å². The van der Waals surface area contributed by atoms with Crippen LogP contribution in [0.2, 0.25) is 0 Å². The Morgan fingerprint density at radius 3 is 2.52 bits per heavy atom. The lowest BCUT2D eigenvalue weighted by Gasteiger charge is -2.11. The van der Waals surface area contributed by atoms with Crippen LogP contribution in [0, 0.1) is 6.92 Å². The number of aromatic nitrogens is 4. The third kappa shape index (κ3) is 4.55. The van der Waals surface area contributed by atoms with Gasteiger partial charge in [0.1, 0.15) is 5.75 Å². The van der Waals surface area contributed by atoms with Crippen molar-refractivity contribution in [3.63, 3.8) is 0 Å². The molecule has 2 heterocycles. The van der Waals surface area contributed by atoms with Gasteiger partial charge < -0.3 is 14.8 Å². The van der Waals surface area contributed by atoms with Gasteiger partial charge in [0.25, 0.3) is 0 Å². The summed E-state index contributed by atoms with van der Waals surface area (Å²) in [5.41, 5.74) is 0.912. The molecule has 0 amide bonds. The summed E-state index contributed by atoms with van der Waals surface area (Å²) in [6.07, 6.45) is 1.59. The minimum Gasteiger partial charge on any atom is -0.461 e. The topological polar surface area (TPSA) is 82.1 Å². The van der Waals surface area contributed by atoms with Gasteiger partial charge in [-0.2, -0.15) is 9.97 Å². The Morgan fingerprint density at radius 1 is 1.14 bits per heavy atom. The Morgan fingerprint density at radius 2 is 1.90 bits per heavy atom. The fraction of sp³-hybridized carbons (Fsp3) is 0.429. The zero-order valence-corrected chi connectivity index (χ0v) is 12.6. The summed E-state index contributed by atoms with van der Waals surface area (Å²) in [5.74, 6) is 0.975. The highest BCUT2D eigenvalue weighted by Gasteiger charge is 2.10. The molecule has 1 N–H and O–H groups in total. The van der Waals surface area contributed by atoms with Crippen molar-refractivity contribution in [1.82, 2.24) is 19.9 Å². The Kier molecular flexibility index (Phi) is 4.86. The maximum atomic E-state index is 5.60. The van der Waals surface area contributed by atoms with E-state index in [1.165, 1.54) is 0 Å². The van der Waals surface area contributed by atoms with Gasteiger partial charge >= 0.3 is 12.0 Å². The van der Waals surface area contributed by atoms with E-state index in [0.717, 1.165) is 5.69 Å². The molecule has 0 aliphatic rings. The SMILES string of the molecule is CCNc1nc(Oc2ccc(C)nc2)nc(OC(C)C)n1. The number of ether oxygens (including phenoxy) is 2. The Hall–Kier alpha value is -2.44. The van der Waals surface area contributed by atoms with Crippen LogP contribution in [-0.2, 0) is 0 Å². The summed E-state index contributed by atoms with van der Waals surface area (Å²) in [6.45, 7) is 8.36. The smallest absolute Gasteiger partial charge is 0.330 e. The second kappa shape index (κ2) is 6.83. The number of aryl methyl sites for hydroxylation is 1. The molecule has 0 saturated carbocycles. The molecule has 0 bridgehead atoms. The molecule has 7 nitrogen and oxygen atoms in total. The highest BCUT2D eigenvalue weighted by atomic mass is 16.5. The maximum Gasteiger partial charge on any atom is 0.330 e. The summed E-state index contributed by atoms with van der Waals surface area (Å²) < 4.78 is 11.1. The van der Waals surface area contributed by atoms with Crippen LogP contribution in [-0.4, -0.2) is 32.6 Å². The normalized spacial score (nSPS) is 10.5. The quantitative estimate of drug-likeness (QED) is 0.875. The molecule has 0 fully saturated rings. The van der Waals surface area contributed by atoms with Gasteiger partial charge in [0.15, 0.2) is 0 Å².